The first kappa shape index (κ1) is 14.8. The molecule has 2 aliphatic heterocycles. The fourth-order valence-corrected chi connectivity index (χ4v) is 3.39. The summed E-state index contributed by atoms with van der Waals surface area (Å²) in [5, 5.41) is 0.701. The summed E-state index contributed by atoms with van der Waals surface area (Å²) in [5.41, 5.74) is 1.08. The highest BCUT2D eigenvalue weighted by Crippen LogP contribution is 2.24. The minimum absolute atomic E-state index is 0.129. The van der Waals surface area contributed by atoms with Crippen molar-refractivity contribution < 1.29 is 9.18 Å². The highest BCUT2D eigenvalue weighted by Gasteiger charge is 2.37. The third kappa shape index (κ3) is 3.38. The van der Waals surface area contributed by atoms with E-state index in [0.29, 0.717) is 24.5 Å². The molecule has 114 valence electrons. The van der Waals surface area contributed by atoms with Gasteiger partial charge >= 0.3 is 0 Å². The first-order valence-electron chi connectivity index (χ1n) is 7.55. The highest BCUT2D eigenvalue weighted by molar-refractivity contribution is 6.30. The van der Waals surface area contributed by atoms with Crippen LogP contribution in [0.3, 0.4) is 0 Å². The van der Waals surface area contributed by atoms with Crippen LogP contribution in [0.2, 0.25) is 5.02 Å². The Labute approximate surface area is 129 Å². The molecular formula is C16H20ClFN2O. The van der Waals surface area contributed by atoms with E-state index in [0.717, 1.165) is 31.5 Å². The van der Waals surface area contributed by atoms with E-state index in [4.69, 9.17) is 11.6 Å². The van der Waals surface area contributed by atoms with Crippen LogP contribution in [0.5, 0.6) is 0 Å². The molecule has 2 aliphatic rings. The quantitative estimate of drug-likeness (QED) is 0.857. The van der Waals surface area contributed by atoms with E-state index in [9.17, 15) is 9.18 Å². The molecule has 2 saturated heterocycles. The van der Waals surface area contributed by atoms with Crippen LogP contribution >= 0.6 is 11.6 Å². The molecule has 21 heavy (non-hydrogen) atoms. The number of nitrogens with zero attached hydrogens (tertiary/aromatic N) is 2. The number of carbonyl (C=O) groups excluding carboxylic acids is 1. The summed E-state index contributed by atoms with van der Waals surface area (Å²) in [6.45, 7) is 2.61. The van der Waals surface area contributed by atoms with Crippen molar-refractivity contribution in [3.8, 4) is 0 Å². The minimum Gasteiger partial charge on any atom is -0.337 e. The molecule has 2 heterocycles. The normalized spacial score (nSPS) is 27.3. The van der Waals surface area contributed by atoms with E-state index in [-0.39, 0.29) is 11.9 Å². The number of alkyl halides is 1. The van der Waals surface area contributed by atoms with E-state index < -0.39 is 6.17 Å². The molecule has 0 saturated carbocycles. The van der Waals surface area contributed by atoms with Crippen LogP contribution < -0.4 is 0 Å². The second-order valence-corrected chi connectivity index (χ2v) is 6.36. The van der Waals surface area contributed by atoms with Crippen molar-refractivity contribution in [3.05, 3.63) is 34.9 Å². The summed E-state index contributed by atoms with van der Waals surface area (Å²) in [5.74, 6) is 0.138. The maximum atomic E-state index is 13.5. The average molecular weight is 311 g/mol. The molecule has 2 atom stereocenters. The zero-order chi connectivity index (χ0) is 14.8. The maximum absolute atomic E-state index is 13.5. The lowest BCUT2D eigenvalue weighted by atomic mass is 10.1. The Morgan fingerprint density at radius 1 is 1.19 bits per heavy atom. The van der Waals surface area contributed by atoms with Gasteiger partial charge in [-0.1, -0.05) is 23.7 Å². The Balaban J connectivity index is 1.62. The SMILES string of the molecule is O=C1C(N2CCCC(F)C2)CCN1Cc1ccc(Cl)cc1. The second kappa shape index (κ2) is 6.32. The molecule has 1 aromatic rings. The van der Waals surface area contributed by atoms with Crippen LogP contribution in [0, 0.1) is 0 Å². The third-order valence-corrected chi connectivity index (χ3v) is 4.64. The summed E-state index contributed by atoms with van der Waals surface area (Å²) in [7, 11) is 0. The van der Waals surface area contributed by atoms with Gasteiger partial charge in [0.05, 0.1) is 6.04 Å². The molecule has 0 radical (unpaired) electrons. The zero-order valence-corrected chi connectivity index (χ0v) is 12.7. The Morgan fingerprint density at radius 3 is 2.67 bits per heavy atom. The Morgan fingerprint density at radius 2 is 1.95 bits per heavy atom. The molecule has 0 aromatic heterocycles. The van der Waals surface area contributed by atoms with Gasteiger partial charge in [-0.2, -0.15) is 0 Å². The van der Waals surface area contributed by atoms with Crippen LogP contribution in [0.4, 0.5) is 4.39 Å². The summed E-state index contributed by atoms with van der Waals surface area (Å²) >= 11 is 5.87. The molecule has 0 bridgehead atoms. The number of rotatable bonds is 3. The lowest BCUT2D eigenvalue weighted by molar-refractivity contribution is -0.133. The number of hydrogen-bond acceptors (Lipinski definition) is 2. The molecule has 1 amide bonds. The predicted molar refractivity (Wildman–Crippen MR) is 81.0 cm³/mol. The summed E-state index contributed by atoms with van der Waals surface area (Å²) in [6.07, 6.45) is 1.50. The monoisotopic (exact) mass is 310 g/mol. The van der Waals surface area contributed by atoms with Crippen molar-refractivity contribution >= 4 is 17.5 Å². The molecule has 1 aromatic carbocycles. The molecule has 3 nitrogen and oxygen atoms in total. The largest absolute Gasteiger partial charge is 0.337 e. The molecule has 0 N–H and O–H groups in total. The van der Waals surface area contributed by atoms with Crippen LogP contribution in [-0.4, -0.2) is 47.6 Å². The second-order valence-electron chi connectivity index (χ2n) is 5.93. The number of halogens is 2. The zero-order valence-electron chi connectivity index (χ0n) is 12.0. The Kier molecular flexibility index (Phi) is 4.45. The van der Waals surface area contributed by atoms with Crippen molar-refractivity contribution in [1.29, 1.82) is 0 Å². The Hall–Kier alpha value is -1.13. The first-order chi connectivity index (χ1) is 10.1. The lowest BCUT2D eigenvalue weighted by Crippen LogP contribution is -2.47. The highest BCUT2D eigenvalue weighted by atomic mass is 35.5. The minimum atomic E-state index is -0.781. The fraction of sp³-hybridized carbons (Fsp3) is 0.562. The first-order valence-corrected chi connectivity index (χ1v) is 7.92. The van der Waals surface area contributed by atoms with Gasteiger partial charge in [0, 0.05) is 24.7 Å². The van der Waals surface area contributed by atoms with Crippen LogP contribution in [-0.2, 0) is 11.3 Å². The summed E-state index contributed by atoms with van der Waals surface area (Å²) in [4.78, 5) is 16.4. The number of likely N-dealkylation sites (tertiary alicyclic amines) is 2. The molecule has 3 rings (SSSR count). The number of carbonyl (C=O) groups is 1. The van der Waals surface area contributed by atoms with Gasteiger partial charge < -0.3 is 4.90 Å². The number of benzene rings is 1. The maximum Gasteiger partial charge on any atom is 0.240 e. The van der Waals surface area contributed by atoms with E-state index in [2.05, 4.69) is 0 Å². The fourth-order valence-electron chi connectivity index (χ4n) is 3.26. The molecule has 5 heteroatoms. The molecule has 2 unspecified atom stereocenters. The third-order valence-electron chi connectivity index (χ3n) is 4.39. The van der Waals surface area contributed by atoms with Gasteiger partial charge in [0.15, 0.2) is 0 Å². The van der Waals surface area contributed by atoms with E-state index >= 15 is 0 Å². The van der Waals surface area contributed by atoms with Crippen molar-refractivity contribution in [3.63, 3.8) is 0 Å². The van der Waals surface area contributed by atoms with E-state index in [1.807, 2.05) is 34.1 Å². The Bertz CT molecular complexity index is 508. The van der Waals surface area contributed by atoms with Gasteiger partial charge in [0.1, 0.15) is 6.17 Å². The standard InChI is InChI=1S/C16H20ClFN2O/c17-13-5-3-12(4-6-13)10-20-9-7-15(16(20)21)19-8-1-2-14(18)11-19/h3-6,14-15H,1-2,7-11H2. The van der Waals surface area contributed by atoms with Gasteiger partial charge in [-0.3, -0.25) is 9.69 Å². The van der Waals surface area contributed by atoms with Gasteiger partial charge in [0.25, 0.3) is 0 Å². The summed E-state index contributed by atoms with van der Waals surface area (Å²) in [6, 6.07) is 7.44. The van der Waals surface area contributed by atoms with Gasteiger partial charge in [-0.05, 0) is 43.5 Å². The average Bonchev–Trinajstić information content (AvgIpc) is 2.83. The number of amides is 1. The predicted octanol–water partition coefficient (Wildman–Crippen LogP) is 2.87. The number of piperidine rings is 1. The van der Waals surface area contributed by atoms with Crippen LogP contribution in [0.25, 0.3) is 0 Å². The van der Waals surface area contributed by atoms with Crippen molar-refractivity contribution in [2.24, 2.45) is 0 Å². The van der Waals surface area contributed by atoms with E-state index in [1.54, 1.807) is 0 Å². The van der Waals surface area contributed by atoms with Gasteiger partial charge in [-0.25, -0.2) is 4.39 Å². The molecular weight excluding hydrogens is 291 g/mol. The lowest BCUT2D eigenvalue weighted by Gasteiger charge is -2.32. The van der Waals surface area contributed by atoms with Gasteiger partial charge in [-0.15, -0.1) is 0 Å². The van der Waals surface area contributed by atoms with Crippen molar-refractivity contribution in [1.82, 2.24) is 9.80 Å². The van der Waals surface area contributed by atoms with Crippen molar-refractivity contribution in [2.75, 3.05) is 19.6 Å². The van der Waals surface area contributed by atoms with Crippen LogP contribution in [0.1, 0.15) is 24.8 Å². The topological polar surface area (TPSA) is 23.6 Å². The van der Waals surface area contributed by atoms with Crippen LogP contribution in [0.15, 0.2) is 24.3 Å². The van der Waals surface area contributed by atoms with Crippen molar-refractivity contribution in [2.45, 2.75) is 38.0 Å². The van der Waals surface area contributed by atoms with E-state index in [1.165, 1.54) is 0 Å². The molecule has 2 fully saturated rings. The molecule has 0 spiro atoms. The molecule has 0 aliphatic carbocycles. The summed E-state index contributed by atoms with van der Waals surface area (Å²) < 4.78 is 13.5. The van der Waals surface area contributed by atoms with Gasteiger partial charge in [0.2, 0.25) is 5.91 Å². The number of hydrogen-bond donors (Lipinski definition) is 0. The smallest absolute Gasteiger partial charge is 0.240 e.